The molecule has 25 heavy (non-hydrogen) atoms. The predicted molar refractivity (Wildman–Crippen MR) is 93.9 cm³/mol. The molecule has 6 rings (SSSR count). The molecule has 2 N–H and O–H groups in total. The molecule has 1 aromatic rings. The molecule has 0 unspecified atom stereocenters. The number of nitrogens with zero attached hydrogens (tertiary/aromatic N) is 1. The van der Waals surface area contributed by atoms with Crippen LogP contribution in [0.25, 0.3) is 0 Å². The number of phenolic OH excluding ortho intramolecular Hbond substituents is 1. The Hall–Kier alpha value is -1.52. The first-order valence-electron chi connectivity index (χ1n) is 9.71. The number of hydrogen-bond acceptors (Lipinski definition) is 4. The number of piperidine rings is 1. The molecule has 132 valence electrons. The Morgan fingerprint density at radius 2 is 2.12 bits per heavy atom. The van der Waals surface area contributed by atoms with E-state index in [-0.39, 0.29) is 17.9 Å². The van der Waals surface area contributed by atoms with Crippen LogP contribution in [-0.4, -0.2) is 45.9 Å². The van der Waals surface area contributed by atoms with Crippen molar-refractivity contribution in [3.05, 3.63) is 35.4 Å². The summed E-state index contributed by atoms with van der Waals surface area (Å²) in [6, 6.07) is 3.96. The van der Waals surface area contributed by atoms with Gasteiger partial charge in [0, 0.05) is 18.2 Å². The van der Waals surface area contributed by atoms with Gasteiger partial charge in [-0.25, -0.2) is 0 Å². The van der Waals surface area contributed by atoms with E-state index in [0.717, 1.165) is 55.8 Å². The Kier molecular flexibility index (Phi) is 2.58. The lowest BCUT2D eigenvalue weighted by atomic mass is 9.48. The van der Waals surface area contributed by atoms with Gasteiger partial charge in [0.2, 0.25) is 0 Å². The molecule has 0 amide bonds. The minimum atomic E-state index is -0.780. The maximum absolute atomic E-state index is 12.1. The summed E-state index contributed by atoms with van der Waals surface area (Å²) in [5, 5.41) is 22.5. The lowest BCUT2D eigenvalue weighted by Gasteiger charge is -2.63. The van der Waals surface area contributed by atoms with Gasteiger partial charge >= 0.3 is 0 Å². The highest BCUT2D eigenvalue weighted by Crippen LogP contribution is 2.66. The largest absolute Gasteiger partial charge is 0.504 e. The normalized spacial score (nSPS) is 41.4. The minimum Gasteiger partial charge on any atom is -0.504 e. The van der Waals surface area contributed by atoms with Gasteiger partial charge in [-0.1, -0.05) is 12.6 Å². The van der Waals surface area contributed by atoms with Crippen LogP contribution in [0.1, 0.15) is 43.2 Å². The molecular formula is C21H25NO3. The van der Waals surface area contributed by atoms with Crippen molar-refractivity contribution in [2.45, 2.75) is 61.7 Å². The van der Waals surface area contributed by atoms with Crippen molar-refractivity contribution in [3.8, 4) is 11.5 Å². The summed E-state index contributed by atoms with van der Waals surface area (Å²) in [4.78, 5) is 2.56. The number of aromatic hydroxyl groups is 1. The second kappa shape index (κ2) is 4.41. The molecule has 3 fully saturated rings. The highest BCUT2D eigenvalue weighted by molar-refractivity contribution is 5.63. The number of ether oxygens (including phenoxy) is 1. The zero-order valence-electron chi connectivity index (χ0n) is 14.5. The van der Waals surface area contributed by atoms with E-state index < -0.39 is 11.0 Å². The van der Waals surface area contributed by atoms with Crippen LogP contribution >= 0.6 is 0 Å². The molecule has 0 radical (unpaired) electrons. The number of rotatable bonds is 2. The summed E-state index contributed by atoms with van der Waals surface area (Å²) in [7, 11) is 0. The fraction of sp³-hybridized carbons (Fsp3) is 0.619. The summed E-state index contributed by atoms with van der Waals surface area (Å²) in [5.41, 5.74) is 2.21. The quantitative estimate of drug-likeness (QED) is 0.813. The topological polar surface area (TPSA) is 52.9 Å². The molecule has 5 aliphatic rings. The monoisotopic (exact) mass is 339 g/mol. The molecule has 2 aliphatic heterocycles. The Labute approximate surface area is 148 Å². The van der Waals surface area contributed by atoms with Crippen LogP contribution < -0.4 is 4.74 Å². The van der Waals surface area contributed by atoms with E-state index in [1.807, 2.05) is 6.07 Å². The summed E-state index contributed by atoms with van der Waals surface area (Å²) in [6.07, 6.45) is 5.79. The van der Waals surface area contributed by atoms with E-state index in [1.165, 1.54) is 18.4 Å². The van der Waals surface area contributed by atoms with Crippen molar-refractivity contribution in [1.82, 2.24) is 4.90 Å². The lowest BCUT2D eigenvalue weighted by molar-refractivity contribution is -0.174. The number of phenols is 1. The van der Waals surface area contributed by atoms with Crippen LogP contribution in [0, 0.1) is 5.92 Å². The second-order valence-electron chi connectivity index (χ2n) is 8.91. The van der Waals surface area contributed by atoms with Gasteiger partial charge < -0.3 is 14.9 Å². The fourth-order valence-corrected chi connectivity index (χ4v) is 6.39. The number of likely N-dealkylation sites (tertiary alicyclic amines) is 1. The first-order valence-corrected chi connectivity index (χ1v) is 9.71. The van der Waals surface area contributed by atoms with Crippen LogP contribution in [0.5, 0.6) is 11.5 Å². The zero-order valence-corrected chi connectivity index (χ0v) is 14.5. The van der Waals surface area contributed by atoms with E-state index in [1.54, 1.807) is 6.07 Å². The molecule has 2 bridgehead atoms. The predicted octanol–water partition coefficient (Wildman–Crippen LogP) is 2.51. The summed E-state index contributed by atoms with van der Waals surface area (Å²) in [5.74, 6) is 1.64. The van der Waals surface area contributed by atoms with Crippen LogP contribution in [-0.2, 0) is 11.8 Å². The highest BCUT2D eigenvalue weighted by atomic mass is 16.5. The minimum absolute atomic E-state index is 0.157. The third-order valence-corrected chi connectivity index (χ3v) is 7.71. The van der Waals surface area contributed by atoms with Crippen molar-refractivity contribution in [2.24, 2.45) is 5.92 Å². The van der Waals surface area contributed by atoms with Crippen molar-refractivity contribution in [3.63, 3.8) is 0 Å². The zero-order chi connectivity index (χ0) is 17.0. The van der Waals surface area contributed by atoms with Gasteiger partial charge in [-0.05, 0) is 68.2 Å². The Morgan fingerprint density at radius 1 is 1.28 bits per heavy atom. The Morgan fingerprint density at radius 3 is 2.92 bits per heavy atom. The van der Waals surface area contributed by atoms with Crippen LogP contribution in [0.3, 0.4) is 0 Å². The molecule has 3 aliphatic carbocycles. The van der Waals surface area contributed by atoms with Crippen molar-refractivity contribution in [1.29, 1.82) is 0 Å². The molecule has 1 spiro atoms. The molecule has 0 aromatic heterocycles. The molecule has 2 saturated carbocycles. The average Bonchev–Trinajstić information content (AvgIpc) is 3.32. The van der Waals surface area contributed by atoms with Gasteiger partial charge in [-0.15, -0.1) is 0 Å². The smallest absolute Gasteiger partial charge is 0.166 e. The highest BCUT2D eigenvalue weighted by Gasteiger charge is 2.71. The standard InChI is InChI=1S/C21H25NO3/c1-12-6-7-21(24)16-10-14-4-5-15(23)18-17(14)20(21,19(12)25-18)8-9-22(16)11-13-2-3-13/h4-5,13,16,19,23-24H,1-3,6-11H2/t16-,19+,20-,21+/m1/s1. The maximum atomic E-state index is 12.1. The van der Waals surface area contributed by atoms with Crippen molar-refractivity contribution < 1.29 is 14.9 Å². The number of benzene rings is 1. The third-order valence-electron chi connectivity index (χ3n) is 7.71. The molecule has 4 nitrogen and oxygen atoms in total. The van der Waals surface area contributed by atoms with Gasteiger partial charge in [0.25, 0.3) is 0 Å². The van der Waals surface area contributed by atoms with Crippen molar-refractivity contribution in [2.75, 3.05) is 13.1 Å². The molecule has 1 saturated heterocycles. The van der Waals surface area contributed by atoms with Crippen LogP contribution in [0.4, 0.5) is 0 Å². The SMILES string of the molecule is C=C1CC[C@]2(O)[C@H]3Cc4ccc(O)c5c4[C@]2(CCN3CC2CC2)[C@H]1O5. The molecule has 2 heterocycles. The summed E-state index contributed by atoms with van der Waals surface area (Å²) >= 11 is 0. The van der Waals surface area contributed by atoms with Gasteiger partial charge in [0.15, 0.2) is 11.5 Å². The fourth-order valence-electron chi connectivity index (χ4n) is 6.39. The average molecular weight is 339 g/mol. The van der Waals surface area contributed by atoms with E-state index in [4.69, 9.17) is 4.74 Å². The summed E-state index contributed by atoms with van der Waals surface area (Å²) < 4.78 is 6.29. The Bertz CT molecular complexity index is 801. The first-order chi connectivity index (χ1) is 12.0. The molecule has 1 aromatic carbocycles. The molecular weight excluding hydrogens is 314 g/mol. The van der Waals surface area contributed by atoms with Gasteiger partial charge in [0.1, 0.15) is 6.10 Å². The van der Waals surface area contributed by atoms with Crippen LogP contribution in [0.2, 0.25) is 0 Å². The molecule has 4 atom stereocenters. The van der Waals surface area contributed by atoms with Crippen LogP contribution in [0.15, 0.2) is 24.3 Å². The molecule has 4 heteroatoms. The van der Waals surface area contributed by atoms with Gasteiger partial charge in [0.05, 0.1) is 11.0 Å². The second-order valence-corrected chi connectivity index (χ2v) is 8.91. The first kappa shape index (κ1) is 14.6. The Balaban J connectivity index is 1.58. The summed E-state index contributed by atoms with van der Waals surface area (Å²) in [6.45, 7) is 6.40. The maximum Gasteiger partial charge on any atom is 0.166 e. The number of aliphatic hydroxyl groups is 1. The lowest BCUT2D eigenvalue weighted by Crippen LogP contribution is -2.75. The van der Waals surface area contributed by atoms with E-state index in [2.05, 4.69) is 11.5 Å². The van der Waals surface area contributed by atoms with E-state index >= 15 is 0 Å². The van der Waals surface area contributed by atoms with Crippen molar-refractivity contribution >= 4 is 0 Å². The van der Waals surface area contributed by atoms with E-state index in [9.17, 15) is 10.2 Å². The third kappa shape index (κ3) is 1.57. The number of hydrogen-bond donors (Lipinski definition) is 2. The van der Waals surface area contributed by atoms with Gasteiger partial charge in [-0.2, -0.15) is 0 Å². The van der Waals surface area contributed by atoms with E-state index in [0.29, 0.717) is 5.75 Å². The van der Waals surface area contributed by atoms with Gasteiger partial charge in [-0.3, -0.25) is 4.90 Å².